The van der Waals surface area contributed by atoms with Gasteiger partial charge in [-0.05, 0) is 6.07 Å². The van der Waals surface area contributed by atoms with Gasteiger partial charge in [-0.2, -0.15) is 0 Å². The van der Waals surface area contributed by atoms with Crippen molar-refractivity contribution < 1.29 is 4.39 Å². The third-order valence-electron chi connectivity index (χ3n) is 1.34. The van der Waals surface area contributed by atoms with Crippen molar-refractivity contribution in [3.05, 3.63) is 30.2 Å². The summed E-state index contributed by atoms with van der Waals surface area (Å²) in [5, 5.41) is 2.82. The molecule has 11 heavy (non-hydrogen) atoms. The van der Waals surface area contributed by atoms with Crippen molar-refractivity contribution >= 4 is 11.9 Å². The average molecular weight is 152 g/mol. The lowest BCUT2D eigenvalue weighted by Gasteiger charge is -2.02. The van der Waals surface area contributed by atoms with Crippen LogP contribution in [0.4, 0.5) is 10.2 Å². The van der Waals surface area contributed by atoms with Gasteiger partial charge in [-0.3, -0.25) is 0 Å². The van der Waals surface area contributed by atoms with Crippen LogP contribution in [0.3, 0.4) is 0 Å². The van der Waals surface area contributed by atoms with Crippen molar-refractivity contribution in [3.8, 4) is 0 Å². The summed E-state index contributed by atoms with van der Waals surface area (Å²) in [6.45, 7) is 3.53. The lowest BCUT2D eigenvalue weighted by molar-refractivity contribution is 0.621. The van der Waals surface area contributed by atoms with Gasteiger partial charge in [-0.25, -0.2) is 9.37 Å². The molecular formula is C8H9FN2. The molecule has 0 fully saturated rings. The van der Waals surface area contributed by atoms with Crippen LogP contribution >= 0.6 is 0 Å². The lowest BCUT2D eigenvalue weighted by Crippen LogP contribution is -1.95. The van der Waals surface area contributed by atoms with Gasteiger partial charge in [0, 0.05) is 12.6 Å². The second-order valence-corrected chi connectivity index (χ2v) is 2.05. The average Bonchev–Trinajstić information content (AvgIpc) is 2.04. The van der Waals surface area contributed by atoms with Crippen LogP contribution < -0.4 is 5.32 Å². The van der Waals surface area contributed by atoms with Crippen LogP contribution in [0.5, 0.6) is 0 Å². The van der Waals surface area contributed by atoms with Gasteiger partial charge in [0.2, 0.25) is 0 Å². The fourth-order valence-corrected chi connectivity index (χ4v) is 0.819. The van der Waals surface area contributed by atoms with Crippen molar-refractivity contribution in [3.63, 3.8) is 0 Å². The molecule has 0 aliphatic heterocycles. The standard InChI is InChI=1S/C8H9FN2/c1-3-6-4-7(9)5-11-8(6)10-2/h3-5H,1H2,2H3,(H,10,11). The number of aromatic nitrogens is 1. The van der Waals surface area contributed by atoms with E-state index in [0.717, 1.165) is 0 Å². The van der Waals surface area contributed by atoms with Gasteiger partial charge >= 0.3 is 0 Å². The molecule has 1 N–H and O–H groups in total. The molecule has 0 saturated carbocycles. The lowest BCUT2D eigenvalue weighted by atomic mass is 10.2. The smallest absolute Gasteiger partial charge is 0.142 e. The first kappa shape index (κ1) is 7.72. The number of nitrogens with zero attached hydrogens (tertiary/aromatic N) is 1. The maximum Gasteiger partial charge on any atom is 0.142 e. The number of hydrogen-bond donors (Lipinski definition) is 1. The van der Waals surface area contributed by atoms with Gasteiger partial charge in [-0.1, -0.05) is 12.7 Å². The Bertz CT molecular complexity index is 271. The molecule has 3 heteroatoms. The Morgan fingerprint density at radius 3 is 3.00 bits per heavy atom. The van der Waals surface area contributed by atoms with Gasteiger partial charge in [-0.15, -0.1) is 0 Å². The summed E-state index contributed by atoms with van der Waals surface area (Å²) in [4.78, 5) is 3.81. The molecule has 0 saturated heterocycles. The Hall–Kier alpha value is -1.38. The Kier molecular flexibility index (Phi) is 2.21. The van der Waals surface area contributed by atoms with Gasteiger partial charge < -0.3 is 5.32 Å². The van der Waals surface area contributed by atoms with Crippen LogP contribution in [-0.2, 0) is 0 Å². The minimum Gasteiger partial charge on any atom is -0.373 e. The summed E-state index contributed by atoms with van der Waals surface area (Å²) in [7, 11) is 1.73. The maximum absolute atomic E-state index is 12.5. The molecule has 0 atom stereocenters. The number of pyridine rings is 1. The van der Waals surface area contributed by atoms with Gasteiger partial charge in [0.25, 0.3) is 0 Å². The van der Waals surface area contributed by atoms with Gasteiger partial charge in [0.05, 0.1) is 6.20 Å². The molecule has 0 radical (unpaired) electrons. The molecule has 0 aromatic carbocycles. The van der Waals surface area contributed by atoms with Crippen LogP contribution in [0.1, 0.15) is 5.56 Å². The van der Waals surface area contributed by atoms with Gasteiger partial charge in [0.1, 0.15) is 11.6 Å². The van der Waals surface area contributed by atoms with Crippen LogP contribution in [0.25, 0.3) is 6.08 Å². The van der Waals surface area contributed by atoms with Gasteiger partial charge in [0.15, 0.2) is 0 Å². The van der Waals surface area contributed by atoms with E-state index < -0.39 is 0 Å². The first-order valence-electron chi connectivity index (χ1n) is 3.23. The van der Waals surface area contributed by atoms with E-state index in [-0.39, 0.29) is 5.82 Å². The first-order chi connectivity index (χ1) is 5.27. The summed E-state index contributed by atoms with van der Waals surface area (Å²) in [5.41, 5.74) is 0.674. The van der Waals surface area contributed by atoms with Crippen LogP contribution in [0, 0.1) is 5.82 Å². The second kappa shape index (κ2) is 3.14. The summed E-state index contributed by atoms with van der Waals surface area (Å²) in [6, 6.07) is 1.38. The Morgan fingerprint density at radius 1 is 1.73 bits per heavy atom. The zero-order chi connectivity index (χ0) is 8.27. The molecular weight excluding hydrogens is 143 g/mol. The molecule has 0 spiro atoms. The van der Waals surface area contributed by atoms with E-state index in [4.69, 9.17) is 0 Å². The molecule has 1 aromatic heterocycles. The monoisotopic (exact) mass is 152 g/mol. The third kappa shape index (κ3) is 1.55. The number of nitrogens with one attached hydrogen (secondary N) is 1. The molecule has 1 rings (SSSR count). The summed E-state index contributed by atoms with van der Waals surface area (Å²) in [5.74, 6) is 0.292. The minimum absolute atomic E-state index is 0.348. The SMILES string of the molecule is C=Cc1cc(F)cnc1NC. The van der Waals surface area contributed by atoms with Crippen LogP contribution in [0.2, 0.25) is 0 Å². The fraction of sp³-hybridized carbons (Fsp3) is 0.125. The highest BCUT2D eigenvalue weighted by Gasteiger charge is 1.98. The Morgan fingerprint density at radius 2 is 2.45 bits per heavy atom. The minimum atomic E-state index is -0.348. The molecule has 0 bridgehead atoms. The second-order valence-electron chi connectivity index (χ2n) is 2.05. The zero-order valence-electron chi connectivity index (χ0n) is 6.26. The van der Waals surface area contributed by atoms with Crippen LogP contribution in [0.15, 0.2) is 18.8 Å². The van der Waals surface area contributed by atoms with E-state index in [1.807, 2.05) is 0 Å². The number of anilines is 1. The number of halogens is 1. The van der Waals surface area contributed by atoms with E-state index in [1.165, 1.54) is 12.3 Å². The molecule has 1 heterocycles. The molecule has 1 aromatic rings. The van der Waals surface area contributed by atoms with Crippen LogP contribution in [-0.4, -0.2) is 12.0 Å². The third-order valence-corrected chi connectivity index (χ3v) is 1.34. The molecule has 0 aliphatic rings. The normalized spacial score (nSPS) is 9.27. The predicted molar refractivity (Wildman–Crippen MR) is 43.8 cm³/mol. The van der Waals surface area contributed by atoms with Crippen molar-refractivity contribution in [1.29, 1.82) is 0 Å². The van der Waals surface area contributed by atoms with Crippen molar-refractivity contribution in [2.45, 2.75) is 0 Å². The maximum atomic E-state index is 12.5. The summed E-state index contributed by atoms with van der Waals surface area (Å²) in [6.07, 6.45) is 2.72. The molecule has 0 amide bonds. The van der Waals surface area contributed by atoms with Crippen molar-refractivity contribution in [1.82, 2.24) is 4.98 Å². The van der Waals surface area contributed by atoms with Crippen molar-refractivity contribution in [2.24, 2.45) is 0 Å². The molecule has 0 aliphatic carbocycles. The highest BCUT2D eigenvalue weighted by molar-refractivity contribution is 5.61. The first-order valence-corrected chi connectivity index (χ1v) is 3.23. The predicted octanol–water partition coefficient (Wildman–Crippen LogP) is 1.91. The Balaban J connectivity index is 3.16. The van der Waals surface area contributed by atoms with E-state index >= 15 is 0 Å². The van der Waals surface area contributed by atoms with E-state index in [1.54, 1.807) is 13.1 Å². The van der Waals surface area contributed by atoms with E-state index in [2.05, 4.69) is 16.9 Å². The Labute approximate surface area is 64.8 Å². The number of rotatable bonds is 2. The molecule has 0 unspecified atom stereocenters. The van der Waals surface area contributed by atoms with E-state index in [0.29, 0.717) is 11.4 Å². The zero-order valence-corrected chi connectivity index (χ0v) is 6.26. The topological polar surface area (TPSA) is 24.9 Å². The van der Waals surface area contributed by atoms with E-state index in [9.17, 15) is 4.39 Å². The molecule has 2 nitrogen and oxygen atoms in total. The van der Waals surface area contributed by atoms with Crippen molar-refractivity contribution in [2.75, 3.05) is 12.4 Å². The molecule has 58 valence electrons. The summed E-state index contributed by atoms with van der Waals surface area (Å²) >= 11 is 0. The highest BCUT2D eigenvalue weighted by atomic mass is 19.1. The number of hydrogen-bond acceptors (Lipinski definition) is 2. The largest absolute Gasteiger partial charge is 0.373 e. The summed E-state index contributed by atoms with van der Waals surface area (Å²) < 4.78 is 12.5. The highest BCUT2D eigenvalue weighted by Crippen LogP contribution is 2.13. The quantitative estimate of drug-likeness (QED) is 0.700. The fourth-order valence-electron chi connectivity index (χ4n) is 0.819.